The summed E-state index contributed by atoms with van der Waals surface area (Å²) in [6, 6.07) is 14.5. The fourth-order valence-corrected chi connectivity index (χ4v) is 2.91. The Balaban J connectivity index is 2.10. The summed E-state index contributed by atoms with van der Waals surface area (Å²) >= 11 is 0. The summed E-state index contributed by atoms with van der Waals surface area (Å²) in [6.45, 7) is 1.56. The average Bonchev–Trinajstić information content (AvgIpc) is 2.72. The molecule has 138 valence electrons. The normalized spacial score (nSPS) is 11.8. The highest BCUT2D eigenvalue weighted by atomic mass is 16.5. The van der Waals surface area contributed by atoms with Crippen molar-refractivity contribution in [1.82, 2.24) is 9.97 Å². The van der Waals surface area contributed by atoms with Crippen molar-refractivity contribution in [2.24, 2.45) is 0 Å². The van der Waals surface area contributed by atoms with E-state index in [0.717, 1.165) is 11.1 Å². The molecule has 2 N–H and O–H groups in total. The number of nitrogens with zero attached hydrogens (tertiary/aromatic N) is 2. The maximum Gasteiger partial charge on any atom is 0.310 e. The largest absolute Gasteiger partial charge is 0.496 e. The van der Waals surface area contributed by atoms with Gasteiger partial charge in [-0.2, -0.15) is 0 Å². The molecule has 0 radical (unpaired) electrons. The van der Waals surface area contributed by atoms with Crippen molar-refractivity contribution < 1.29 is 19.7 Å². The number of aliphatic hydroxyl groups excluding tert-OH is 1. The van der Waals surface area contributed by atoms with Crippen LogP contribution in [0.1, 0.15) is 24.0 Å². The van der Waals surface area contributed by atoms with Gasteiger partial charge in [-0.1, -0.05) is 30.3 Å². The quantitative estimate of drug-likeness (QED) is 0.695. The number of aliphatic carboxylic acids is 1. The van der Waals surface area contributed by atoms with Crippen molar-refractivity contribution in [3.05, 3.63) is 65.9 Å². The molecule has 0 aliphatic rings. The molecule has 0 fully saturated rings. The van der Waals surface area contributed by atoms with Gasteiger partial charge in [0.15, 0.2) is 5.82 Å². The summed E-state index contributed by atoms with van der Waals surface area (Å²) < 4.78 is 5.53. The maximum absolute atomic E-state index is 11.4. The topological polar surface area (TPSA) is 92.5 Å². The van der Waals surface area contributed by atoms with Crippen LogP contribution in [0.5, 0.6) is 5.75 Å². The van der Waals surface area contributed by atoms with Crippen LogP contribution < -0.4 is 4.74 Å². The molecule has 1 heterocycles. The minimum atomic E-state index is -0.922. The Labute approximate surface area is 157 Å². The van der Waals surface area contributed by atoms with E-state index in [0.29, 0.717) is 28.4 Å². The van der Waals surface area contributed by atoms with Crippen LogP contribution in [0.25, 0.3) is 22.6 Å². The second-order valence-electron chi connectivity index (χ2n) is 6.11. The van der Waals surface area contributed by atoms with Gasteiger partial charge in [0.2, 0.25) is 0 Å². The van der Waals surface area contributed by atoms with E-state index in [1.54, 1.807) is 31.3 Å². The molecule has 1 unspecified atom stereocenters. The molecule has 0 saturated heterocycles. The number of carbonyl (C=O) groups is 1. The highest BCUT2D eigenvalue weighted by Crippen LogP contribution is 2.36. The van der Waals surface area contributed by atoms with E-state index in [4.69, 9.17) is 4.74 Å². The van der Waals surface area contributed by atoms with Crippen LogP contribution in [-0.2, 0) is 11.4 Å². The van der Waals surface area contributed by atoms with Gasteiger partial charge in [0.25, 0.3) is 0 Å². The molecular formula is C21H20N2O4. The van der Waals surface area contributed by atoms with Crippen LogP contribution in [0.15, 0.2) is 54.7 Å². The summed E-state index contributed by atoms with van der Waals surface area (Å²) in [5, 5.41) is 18.7. The summed E-state index contributed by atoms with van der Waals surface area (Å²) in [5.74, 6) is -0.625. The molecule has 0 aliphatic heterocycles. The van der Waals surface area contributed by atoms with Gasteiger partial charge in [0, 0.05) is 22.9 Å². The standard InChI is InChI=1S/C21H20N2O4/c1-13(21(25)26)16-7-4-8-17(19(16)27-2)18-9-10-22-20(23-18)15-6-3-5-14(11-15)12-24/h3-11,13,24H,12H2,1-2H3,(H,25,26). The predicted octanol–water partition coefficient (Wildman–Crippen LogP) is 3.50. The van der Waals surface area contributed by atoms with Gasteiger partial charge < -0.3 is 14.9 Å². The fourth-order valence-electron chi connectivity index (χ4n) is 2.91. The first-order chi connectivity index (χ1) is 13.0. The third-order valence-corrected chi connectivity index (χ3v) is 4.39. The van der Waals surface area contributed by atoms with Gasteiger partial charge in [-0.15, -0.1) is 0 Å². The lowest BCUT2D eigenvalue weighted by Gasteiger charge is -2.16. The van der Waals surface area contributed by atoms with E-state index in [-0.39, 0.29) is 6.61 Å². The van der Waals surface area contributed by atoms with Crippen molar-refractivity contribution in [3.63, 3.8) is 0 Å². The molecule has 1 aromatic heterocycles. The zero-order valence-electron chi connectivity index (χ0n) is 15.1. The molecule has 0 amide bonds. The molecule has 0 spiro atoms. The molecule has 0 aliphatic carbocycles. The third kappa shape index (κ3) is 3.80. The monoisotopic (exact) mass is 364 g/mol. The Kier molecular flexibility index (Phi) is 5.47. The van der Waals surface area contributed by atoms with Gasteiger partial charge in [0.05, 0.1) is 25.3 Å². The van der Waals surface area contributed by atoms with E-state index >= 15 is 0 Å². The Hall–Kier alpha value is -3.25. The maximum atomic E-state index is 11.4. The minimum absolute atomic E-state index is 0.0591. The lowest BCUT2D eigenvalue weighted by molar-refractivity contribution is -0.138. The highest BCUT2D eigenvalue weighted by molar-refractivity contribution is 5.80. The van der Waals surface area contributed by atoms with Crippen LogP contribution in [0.2, 0.25) is 0 Å². The summed E-state index contributed by atoms with van der Waals surface area (Å²) in [5.41, 5.74) is 3.48. The molecule has 6 nitrogen and oxygen atoms in total. The second-order valence-corrected chi connectivity index (χ2v) is 6.11. The van der Waals surface area contributed by atoms with E-state index in [1.165, 1.54) is 7.11 Å². The number of benzene rings is 2. The van der Waals surface area contributed by atoms with Crippen LogP contribution in [0.3, 0.4) is 0 Å². The van der Waals surface area contributed by atoms with Crippen LogP contribution in [-0.4, -0.2) is 33.3 Å². The van der Waals surface area contributed by atoms with Gasteiger partial charge >= 0.3 is 5.97 Å². The van der Waals surface area contributed by atoms with Crippen LogP contribution >= 0.6 is 0 Å². The number of aromatic nitrogens is 2. The van der Waals surface area contributed by atoms with E-state index in [2.05, 4.69) is 9.97 Å². The number of ether oxygens (including phenoxy) is 1. The van der Waals surface area contributed by atoms with Crippen molar-refractivity contribution >= 4 is 5.97 Å². The summed E-state index contributed by atoms with van der Waals surface area (Å²) in [6.07, 6.45) is 1.65. The lowest BCUT2D eigenvalue weighted by atomic mass is 9.96. The van der Waals surface area contributed by atoms with Crippen molar-refractivity contribution in [2.75, 3.05) is 7.11 Å². The van der Waals surface area contributed by atoms with Crippen LogP contribution in [0.4, 0.5) is 0 Å². The predicted molar refractivity (Wildman–Crippen MR) is 101 cm³/mol. The zero-order valence-corrected chi connectivity index (χ0v) is 15.1. The third-order valence-electron chi connectivity index (χ3n) is 4.39. The molecule has 0 saturated carbocycles. The molecular weight excluding hydrogens is 344 g/mol. The van der Waals surface area contributed by atoms with Crippen molar-refractivity contribution in [1.29, 1.82) is 0 Å². The number of aliphatic hydroxyl groups is 1. The number of para-hydroxylation sites is 1. The number of hydrogen-bond donors (Lipinski definition) is 2. The van der Waals surface area contributed by atoms with Gasteiger partial charge in [-0.3, -0.25) is 4.79 Å². The van der Waals surface area contributed by atoms with Crippen LogP contribution in [0, 0.1) is 0 Å². The fraction of sp³-hybridized carbons (Fsp3) is 0.190. The SMILES string of the molecule is COc1c(-c2ccnc(-c3cccc(CO)c3)n2)cccc1C(C)C(=O)O. The molecule has 3 aromatic rings. The summed E-state index contributed by atoms with van der Waals surface area (Å²) in [4.78, 5) is 20.4. The molecule has 0 bridgehead atoms. The van der Waals surface area contributed by atoms with E-state index in [9.17, 15) is 15.0 Å². The van der Waals surface area contributed by atoms with Gasteiger partial charge in [-0.25, -0.2) is 9.97 Å². The number of rotatable bonds is 6. The first-order valence-corrected chi connectivity index (χ1v) is 8.48. The Morgan fingerprint density at radius 3 is 2.67 bits per heavy atom. The molecule has 27 heavy (non-hydrogen) atoms. The number of hydrogen-bond acceptors (Lipinski definition) is 5. The minimum Gasteiger partial charge on any atom is -0.496 e. The Morgan fingerprint density at radius 1 is 1.19 bits per heavy atom. The second kappa shape index (κ2) is 7.97. The summed E-state index contributed by atoms with van der Waals surface area (Å²) in [7, 11) is 1.52. The molecule has 6 heteroatoms. The van der Waals surface area contributed by atoms with Crippen molar-refractivity contribution in [2.45, 2.75) is 19.4 Å². The molecule has 2 aromatic carbocycles. The first-order valence-electron chi connectivity index (χ1n) is 8.48. The van der Waals surface area contributed by atoms with E-state index in [1.807, 2.05) is 30.3 Å². The Bertz CT molecular complexity index is 972. The van der Waals surface area contributed by atoms with Crippen molar-refractivity contribution in [3.8, 4) is 28.4 Å². The van der Waals surface area contributed by atoms with Gasteiger partial charge in [-0.05, 0) is 30.7 Å². The number of methoxy groups -OCH3 is 1. The Morgan fingerprint density at radius 2 is 1.96 bits per heavy atom. The first kappa shape index (κ1) is 18.5. The average molecular weight is 364 g/mol. The highest BCUT2D eigenvalue weighted by Gasteiger charge is 2.21. The number of carboxylic acids is 1. The zero-order chi connectivity index (χ0) is 19.4. The molecule has 1 atom stereocenters. The number of carboxylic acid groups (broad SMARTS) is 1. The molecule has 3 rings (SSSR count). The van der Waals surface area contributed by atoms with Gasteiger partial charge in [0.1, 0.15) is 5.75 Å². The smallest absolute Gasteiger partial charge is 0.310 e. The van der Waals surface area contributed by atoms with E-state index < -0.39 is 11.9 Å². The lowest BCUT2D eigenvalue weighted by Crippen LogP contribution is -2.09.